The molecular weight excluding hydrogens is 380 g/mol. The number of nitro benzene ring substituents is 1. The summed E-state index contributed by atoms with van der Waals surface area (Å²) in [7, 11) is 1.51. The van der Waals surface area contributed by atoms with E-state index in [1.165, 1.54) is 19.2 Å². The Morgan fingerprint density at radius 2 is 1.93 bits per heavy atom. The number of aryl methyl sites for hydroxylation is 1. The average Bonchev–Trinajstić information content (AvgIpc) is 2.95. The Kier molecular flexibility index (Phi) is 5.58. The van der Waals surface area contributed by atoms with Crippen LogP contribution in [0, 0.1) is 17.0 Å². The van der Waals surface area contributed by atoms with Gasteiger partial charge in [-0.25, -0.2) is 0 Å². The summed E-state index contributed by atoms with van der Waals surface area (Å²) in [6.07, 6.45) is -0.229. The normalized spacial score (nSPS) is 12.7. The second-order valence-electron chi connectivity index (χ2n) is 6.44. The number of rotatable bonds is 7. The van der Waals surface area contributed by atoms with Gasteiger partial charge in [0.05, 0.1) is 24.0 Å². The van der Waals surface area contributed by atoms with Gasteiger partial charge in [-0.1, -0.05) is 17.7 Å². The highest BCUT2D eigenvalue weighted by atomic mass is 16.6. The molecule has 0 unspecified atom stereocenters. The van der Waals surface area contributed by atoms with E-state index < -0.39 is 28.4 Å². The van der Waals surface area contributed by atoms with Crippen LogP contribution in [0.2, 0.25) is 0 Å². The lowest BCUT2D eigenvalue weighted by atomic mass is 10.1. The minimum atomic E-state index is -0.787. The van der Waals surface area contributed by atoms with Crippen molar-refractivity contribution in [3.8, 4) is 5.75 Å². The number of esters is 1. The third-order valence-corrected chi connectivity index (χ3v) is 4.54. The van der Waals surface area contributed by atoms with E-state index >= 15 is 0 Å². The zero-order chi connectivity index (χ0) is 21.1. The van der Waals surface area contributed by atoms with Gasteiger partial charge < -0.3 is 9.47 Å². The quantitative estimate of drug-likeness (QED) is 0.305. The summed E-state index contributed by atoms with van der Waals surface area (Å²) in [5.41, 5.74) is 0.946. The molecule has 9 nitrogen and oxygen atoms in total. The SMILES string of the molecule is COc1ccc(C)cc1COC(=O)CCN1C(=O)c2cccc([N+](=O)[O-])c2C1=O. The van der Waals surface area contributed by atoms with E-state index in [1.54, 1.807) is 6.07 Å². The minimum Gasteiger partial charge on any atom is -0.496 e. The molecule has 0 atom stereocenters. The molecule has 150 valence electrons. The summed E-state index contributed by atoms with van der Waals surface area (Å²) in [5.74, 6) is -1.48. The lowest BCUT2D eigenvalue weighted by Gasteiger charge is -2.14. The molecule has 0 aromatic heterocycles. The predicted molar refractivity (Wildman–Crippen MR) is 101 cm³/mol. The number of nitro groups is 1. The van der Waals surface area contributed by atoms with Crippen molar-refractivity contribution < 1.29 is 28.8 Å². The summed E-state index contributed by atoms with van der Waals surface area (Å²) in [6, 6.07) is 9.32. The van der Waals surface area contributed by atoms with Gasteiger partial charge in [0.2, 0.25) is 0 Å². The van der Waals surface area contributed by atoms with Crippen LogP contribution < -0.4 is 4.74 Å². The number of carbonyl (C=O) groups excluding carboxylic acids is 3. The molecule has 0 saturated heterocycles. The standard InChI is InChI=1S/C20H18N2O7/c1-12-6-7-16(28-2)13(10-12)11-29-17(23)8-9-21-19(24)14-4-3-5-15(22(26)27)18(14)20(21)25/h3-7,10H,8-9,11H2,1-2H3. The Bertz CT molecular complexity index is 1020. The summed E-state index contributed by atoms with van der Waals surface area (Å²) in [5, 5.41) is 11.1. The molecule has 29 heavy (non-hydrogen) atoms. The number of hydrogen-bond acceptors (Lipinski definition) is 7. The molecule has 1 aliphatic rings. The van der Waals surface area contributed by atoms with Gasteiger partial charge in [-0.15, -0.1) is 0 Å². The maximum absolute atomic E-state index is 12.5. The topological polar surface area (TPSA) is 116 Å². The summed E-state index contributed by atoms with van der Waals surface area (Å²) >= 11 is 0. The van der Waals surface area contributed by atoms with E-state index in [0.29, 0.717) is 11.3 Å². The Hall–Kier alpha value is -3.75. The number of ether oxygens (including phenoxy) is 2. The highest BCUT2D eigenvalue weighted by Gasteiger charge is 2.40. The number of amides is 2. The van der Waals surface area contributed by atoms with E-state index in [4.69, 9.17) is 9.47 Å². The largest absolute Gasteiger partial charge is 0.496 e. The van der Waals surface area contributed by atoms with Gasteiger partial charge in [-0.3, -0.25) is 29.4 Å². The predicted octanol–water partition coefficient (Wildman–Crippen LogP) is 2.64. The molecule has 9 heteroatoms. The fraction of sp³-hybridized carbons (Fsp3) is 0.250. The van der Waals surface area contributed by atoms with Crippen molar-refractivity contribution in [2.24, 2.45) is 0 Å². The molecule has 2 aromatic rings. The first kappa shape index (κ1) is 20.0. The van der Waals surface area contributed by atoms with Crippen LogP contribution in [-0.2, 0) is 16.1 Å². The Morgan fingerprint density at radius 1 is 1.17 bits per heavy atom. The van der Waals surface area contributed by atoms with E-state index in [-0.39, 0.29) is 30.7 Å². The van der Waals surface area contributed by atoms with Crippen molar-refractivity contribution in [3.63, 3.8) is 0 Å². The summed E-state index contributed by atoms with van der Waals surface area (Å²) in [6.45, 7) is 1.65. The number of imide groups is 1. The fourth-order valence-corrected chi connectivity index (χ4v) is 3.12. The molecule has 2 aromatic carbocycles. The monoisotopic (exact) mass is 398 g/mol. The number of carbonyl (C=O) groups is 3. The van der Waals surface area contributed by atoms with E-state index in [9.17, 15) is 24.5 Å². The third kappa shape index (κ3) is 3.93. The summed E-state index contributed by atoms with van der Waals surface area (Å²) < 4.78 is 10.4. The molecule has 0 N–H and O–H groups in total. The maximum Gasteiger partial charge on any atom is 0.307 e. The number of hydrogen-bond donors (Lipinski definition) is 0. The molecule has 0 bridgehead atoms. The number of fused-ring (bicyclic) bond motifs is 1. The lowest BCUT2D eigenvalue weighted by Crippen LogP contribution is -2.32. The molecule has 1 heterocycles. The molecule has 0 aliphatic carbocycles. The average molecular weight is 398 g/mol. The smallest absolute Gasteiger partial charge is 0.307 e. The lowest BCUT2D eigenvalue weighted by molar-refractivity contribution is -0.385. The van der Waals surface area contributed by atoms with E-state index in [1.807, 2.05) is 19.1 Å². The third-order valence-electron chi connectivity index (χ3n) is 4.54. The van der Waals surface area contributed by atoms with Crippen LogP contribution in [-0.4, -0.2) is 41.3 Å². The van der Waals surface area contributed by atoms with Crippen LogP contribution in [0.3, 0.4) is 0 Å². The molecule has 3 rings (SSSR count). The van der Waals surface area contributed by atoms with Crippen molar-refractivity contribution in [1.29, 1.82) is 0 Å². The Labute approximate surface area is 166 Å². The van der Waals surface area contributed by atoms with Crippen molar-refractivity contribution in [1.82, 2.24) is 4.90 Å². The zero-order valence-corrected chi connectivity index (χ0v) is 15.8. The van der Waals surface area contributed by atoms with Crippen molar-refractivity contribution in [2.45, 2.75) is 20.0 Å². The highest BCUT2D eigenvalue weighted by molar-refractivity contribution is 6.23. The van der Waals surface area contributed by atoms with E-state index in [2.05, 4.69) is 0 Å². The molecule has 0 spiro atoms. The number of nitrogens with zero attached hydrogens (tertiary/aromatic N) is 2. The number of methoxy groups -OCH3 is 1. The van der Waals surface area contributed by atoms with Gasteiger partial charge in [-0.05, 0) is 25.1 Å². The second-order valence-corrected chi connectivity index (χ2v) is 6.44. The second kappa shape index (κ2) is 8.09. The molecule has 0 radical (unpaired) electrons. The summed E-state index contributed by atoms with van der Waals surface area (Å²) in [4.78, 5) is 48.2. The van der Waals surface area contributed by atoms with Crippen LogP contribution in [0.5, 0.6) is 5.75 Å². The van der Waals surface area contributed by atoms with Crippen LogP contribution >= 0.6 is 0 Å². The first-order valence-electron chi connectivity index (χ1n) is 8.76. The first-order chi connectivity index (χ1) is 13.8. The minimum absolute atomic E-state index is 0.0166. The first-order valence-corrected chi connectivity index (χ1v) is 8.76. The zero-order valence-electron chi connectivity index (χ0n) is 15.8. The Balaban J connectivity index is 1.63. The fourth-order valence-electron chi connectivity index (χ4n) is 3.12. The van der Waals surface area contributed by atoms with Gasteiger partial charge >= 0.3 is 5.97 Å². The molecule has 1 aliphatic heterocycles. The van der Waals surface area contributed by atoms with Crippen molar-refractivity contribution in [2.75, 3.05) is 13.7 Å². The van der Waals surface area contributed by atoms with Gasteiger partial charge in [-0.2, -0.15) is 0 Å². The van der Waals surface area contributed by atoms with Gasteiger partial charge in [0.15, 0.2) is 0 Å². The highest BCUT2D eigenvalue weighted by Crippen LogP contribution is 2.30. The van der Waals surface area contributed by atoms with Gasteiger partial charge in [0.25, 0.3) is 17.5 Å². The van der Waals surface area contributed by atoms with Crippen molar-refractivity contribution >= 4 is 23.5 Å². The molecule has 0 fully saturated rings. The van der Waals surface area contributed by atoms with Crippen LogP contribution in [0.1, 0.15) is 38.3 Å². The van der Waals surface area contributed by atoms with Crippen LogP contribution in [0.4, 0.5) is 5.69 Å². The van der Waals surface area contributed by atoms with Gasteiger partial charge in [0.1, 0.15) is 17.9 Å². The van der Waals surface area contributed by atoms with Crippen molar-refractivity contribution in [3.05, 3.63) is 68.8 Å². The Morgan fingerprint density at radius 3 is 2.62 bits per heavy atom. The van der Waals surface area contributed by atoms with Gasteiger partial charge in [0, 0.05) is 18.2 Å². The maximum atomic E-state index is 12.5. The molecule has 2 amide bonds. The van der Waals surface area contributed by atoms with Crippen LogP contribution in [0.25, 0.3) is 0 Å². The van der Waals surface area contributed by atoms with E-state index in [0.717, 1.165) is 16.5 Å². The molecular formula is C20H18N2O7. The molecule has 0 saturated carbocycles. The van der Waals surface area contributed by atoms with Crippen LogP contribution in [0.15, 0.2) is 36.4 Å². The number of benzene rings is 2.